The molecule has 2 aromatic heterocycles. The zero-order chi connectivity index (χ0) is 17.2. The van der Waals surface area contributed by atoms with Gasteiger partial charge in [-0.25, -0.2) is 9.97 Å². The lowest BCUT2D eigenvalue weighted by atomic mass is 9.95. The van der Waals surface area contributed by atoms with Crippen molar-refractivity contribution in [2.45, 2.75) is 38.1 Å². The van der Waals surface area contributed by atoms with Crippen LogP contribution in [0.2, 0.25) is 0 Å². The minimum absolute atomic E-state index is 0.0289. The number of nitrogens with zero attached hydrogens (tertiary/aromatic N) is 3. The van der Waals surface area contributed by atoms with E-state index in [2.05, 4.69) is 26.2 Å². The standard InChI is InChI=1S/C19H19BrN4O/c20-16-8-4-7-14-15(19(25)22-13-5-2-1-3-6-13)11-17(23-18(14)16)24-10-9-21-12-24/h4,7-13H,1-3,5-6H2,(H,22,25). The van der Waals surface area contributed by atoms with Gasteiger partial charge in [0, 0.05) is 28.3 Å². The van der Waals surface area contributed by atoms with Gasteiger partial charge in [-0.2, -0.15) is 0 Å². The molecule has 128 valence electrons. The van der Waals surface area contributed by atoms with E-state index < -0.39 is 0 Å². The molecule has 3 aromatic rings. The number of carbonyl (C=O) groups is 1. The number of halogens is 1. The molecule has 0 spiro atoms. The summed E-state index contributed by atoms with van der Waals surface area (Å²) in [5.41, 5.74) is 1.43. The Morgan fingerprint density at radius 3 is 2.84 bits per heavy atom. The Kier molecular flexibility index (Phi) is 4.53. The zero-order valence-corrected chi connectivity index (χ0v) is 15.4. The fraction of sp³-hybridized carbons (Fsp3) is 0.316. The minimum Gasteiger partial charge on any atom is -0.349 e. The minimum atomic E-state index is -0.0289. The molecular weight excluding hydrogens is 380 g/mol. The molecule has 1 N–H and O–H groups in total. The van der Waals surface area contributed by atoms with Gasteiger partial charge in [-0.1, -0.05) is 31.4 Å². The van der Waals surface area contributed by atoms with Crippen LogP contribution in [0.4, 0.5) is 0 Å². The SMILES string of the molecule is O=C(NC1CCCCC1)c1cc(-n2ccnc2)nc2c(Br)cccc12. The number of amides is 1. The summed E-state index contributed by atoms with van der Waals surface area (Å²) < 4.78 is 2.69. The van der Waals surface area contributed by atoms with E-state index in [1.165, 1.54) is 19.3 Å². The Hall–Kier alpha value is -2.21. The lowest BCUT2D eigenvalue weighted by Crippen LogP contribution is -2.36. The second-order valence-corrected chi connectivity index (χ2v) is 7.30. The maximum Gasteiger partial charge on any atom is 0.252 e. The van der Waals surface area contributed by atoms with Crippen molar-refractivity contribution in [2.75, 3.05) is 0 Å². The van der Waals surface area contributed by atoms with Crippen LogP contribution in [0, 0.1) is 0 Å². The van der Waals surface area contributed by atoms with Gasteiger partial charge in [0.25, 0.3) is 5.91 Å². The van der Waals surface area contributed by atoms with E-state index in [1.54, 1.807) is 12.5 Å². The molecule has 1 saturated carbocycles. The number of aromatic nitrogens is 3. The van der Waals surface area contributed by atoms with Gasteiger partial charge in [-0.3, -0.25) is 9.36 Å². The first-order valence-electron chi connectivity index (χ1n) is 8.61. The van der Waals surface area contributed by atoms with Crippen LogP contribution in [0.1, 0.15) is 42.5 Å². The summed E-state index contributed by atoms with van der Waals surface area (Å²) >= 11 is 3.56. The summed E-state index contributed by atoms with van der Waals surface area (Å²) in [5.74, 6) is 0.657. The Bertz CT molecular complexity index is 901. The summed E-state index contributed by atoms with van der Waals surface area (Å²) in [6, 6.07) is 7.93. The van der Waals surface area contributed by atoms with E-state index in [1.807, 2.05) is 35.0 Å². The number of imidazole rings is 1. The van der Waals surface area contributed by atoms with Gasteiger partial charge in [-0.15, -0.1) is 0 Å². The first-order valence-corrected chi connectivity index (χ1v) is 9.40. The number of benzene rings is 1. The summed E-state index contributed by atoms with van der Waals surface area (Å²) in [7, 11) is 0. The average molecular weight is 399 g/mol. The number of rotatable bonds is 3. The van der Waals surface area contributed by atoms with Crippen LogP contribution < -0.4 is 5.32 Å². The molecule has 0 bridgehead atoms. The number of pyridine rings is 1. The first kappa shape index (κ1) is 16.3. The van der Waals surface area contributed by atoms with Crippen LogP contribution in [0.5, 0.6) is 0 Å². The second-order valence-electron chi connectivity index (χ2n) is 6.44. The highest BCUT2D eigenvalue weighted by atomic mass is 79.9. The molecule has 1 aliphatic rings. The maximum absolute atomic E-state index is 13.0. The van der Waals surface area contributed by atoms with Gasteiger partial charge < -0.3 is 5.32 Å². The van der Waals surface area contributed by atoms with E-state index in [4.69, 9.17) is 4.98 Å². The third-order valence-corrected chi connectivity index (χ3v) is 5.37. The lowest BCUT2D eigenvalue weighted by Gasteiger charge is -2.23. The summed E-state index contributed by atoms with van der Waals surface area (Å²) in [4.78, 5) is 21.8. The molecule has 0 aliphatic heterocycles. The molecule has 0 unspecified atom stereocenters. The topological polar surface area (TPSA) is 59.8 Å². The molecule has 6 heteroatoms. The smallest absolute Gasteiger partial charge is 0.252 e. The van der Waals surface area contributed by atoms with Gasteiger partial charge in [0.15, 0.2) is 0 Å². The maximum atomic E-state index is 13.0. The van der Waals surface area contributed by atoms with E-state index in [0.29, 0.717) is 11.4 Å². The summed E-state index contributed by atoms with van der Waals surface area (Å²) in [6.07, 6.45) is 11.0. The number of nitrogens with one attached hydrogen (secondary N) is 1. The predicted molar refractivity (Wildman–Crippen MR) is 101 cm³/mol. The fourth-order valence-corrected chi connectivity index (χ4v) is 3.88. The van der Waals surface area contributed by atoms with Crippen molar-refractivity contribution in [1.82, 2.24) is 19.9 Å². The summed E-state index contributed by atoms with van der Waals surface area (Å²) in [5, 5.41) is 4.07. The molecule has 5 nitrogen and oxygen atoms in total. The van der Waals surface area contributed by atoms with E-state index in [-0.39, 0.29) is 11.9 Å². The van der Waals surface area contributed by atoms with E-state index >= 15 is 0 Å². The highest BCUT2D eigenvalue weighted by Gasteiger charge is 2.20. The highest BCUT2D eigenvalue weighted by Crippen LogP contribution is 2.27. The third kappa shape index (κ3) is 3.31. The van der Waals surface area contributed by atoms with Crippen LogP contribution in [0.15, 0.2) is 47.5 Å². The number of para-hydroxylation sites is 1. The quantitative estimate of drug-likeness (QED) is 0.717. The molecule has 1 aromatic carbocycles. The molecule has 0 atom stereocenters. The Balaban J connectivity index is 1.78. The normalized spacial score (nSPS) is 15.4. The van der Waals surface area contributed by atoms with E-state index in [9.17, 15) is 4.79 Å². The Morgan fingerprint density at radius 2 is 2.08 bits per heavy atom. The van der Waals surface area contributed by atoms with Gasteiger partial charge in [0.1, 0.15) is 12.1 Å². The van der Waals surface area contributed by atoms with Crippen molar-refractivity contribution in [2.24, 2.45) is 0 Å². The average Bonchev–Trinajstić information content (AvgIpc) is 3.17. The molecule has 2 heterocycles. The Morgan fingerprint density at radius 1 is 1.24 bits per heavy atom. The van der Waals surface area contributed by atoms with E-state index in [0.717, 1.165) is 28.2 Å². The van der Waals surface area contributed by atoms with Crippen LogP contribution >= 0.6 is 15.9 Å². The molecule has 0 saturated heterocycles. The molecule has 4 rings (SSSR count). The molecule has 25 heavy (non-hydrogen) atoms. The number of carbonyl (C=O) groups excluding carboxylic acids is 1. The van der Waals surface area contributed by atoms with Gasteiger partial charge in [-0.05, 0) is 40.9 Å². The van der Waals surface area contributed by atoms with Crippen molar-refractivity contribution in [3.05, 3.63) is 53.0 Å². The number of fused-ring (bicyclic) bond motifs is 1. The largest absolute Gasteiger partial charge is 0.349 e. The third-order valence-electron chi connectivity index (χ3n) is 4.73. The number of hydrogen-bond acceptors (Lipinski definition) is 3. The van der Waals surface area contributed by atoms with Crippen molar-refractivity contribution < 1.29 is 4.79 Å². The fourth-order valence-electron chi connectivity index (χ4n) is 3.42. The van der Waals surface area contributed by atoms with Gasteiger partial charge in [0.2, 0.25) is 0 Å². The van der Waals surface area contributed by atoms with Crippen molar-refractivity contribution in [3.63, 3.8) is 0 Å². The van der Waals surface area contributed by atoms with Crippen LogP contribution in [-0.2, 0) is 0 Å². The van der Waals surface area contributed by atoms with Crippen molar-refractivity contribution in [3.8, 4) is 5.82 Å². The van der Waals surface area contributed by atoms with Gasteiger partial charge >= 0.3 is 0 Å². The molecule has 0 radical (unpaired) electrons. The Labute approximate surface area is 154 Å². The zero-order valence-electron chi connectivity index (χ0n) is 13.8. The number of hydrogen-bond donors (Lipinski definition) is 1. The predicted octanol–water partition coefficient (Wildman–Crippen LogP) is 4.25. The summed E-state index contributed by atoms with van der Waals surface area (Å²) in [6.45, 7) is 0. The molecule has 1 fully saturated rings. The van der Waals surface area contributed by atoms with Crippen LogP contribution in [0.3, 0.4) is 0 Å². The highest BCUT2D eigenvalue weighted by molar-refractivity contribution is 9.10. The van der Waals surface area contributed by atoms with Gasteiger partial charge in [0.05, 0.1) is 11.1 Å². The lowest BCUT2D eigenvalue weighted by molar-refractivity contribution is 0.0929. The monoisotopic (exact) mass is 398 g/mol. The van der Waals surface area contributed by atoms with Crippen molar-refractivity contribution in [1.29, 1.82) is 0 Å². The van der Waals surface area contributed by atoms with Crippen LogP contribution in [0.25, 0.3) is 16.7 Å². The second kappa shape index (κ2) is 6.96. The molecule has 1 amide bonds. The van der Waals surface area contributed by atoms with Crippen LogP contribution in [-0.4, -0.2) is 26.5 Å². The van der Waals surface area contributed by atoms with Crippen molar-refractivity contribution >= 4 is 32.7 Å². The molecule has 1 aliphatic carbocycles. The molecular formula is C19H19BrN4O. The first-order chi connectivity index (χ1) is 12.2.